The highest BCUT2D eigenvalue weighted by Gasteiger charge is 2.25. The minimum Gasteiger partial charge on any atom is -0.354 e. The standard InChI is InChI=1S/C12H19N5O/c1-3-6-17(9-7-14-8-9)11-5-4-10(15-16-11)12(18)13-2/h4-5,9,14H,3,6-8H2,1-2H3,(H,13,18). The third kappa shape index (κ3) is 2.59. The molecule has 1 aromatic heterocycles. The van der Waals surface area contributed by atoms with E-state index in [0.29, 0.717) is 11.7 Å². The summed E-state index contributed by atoms with van der Waals surface area (Å²) in [7, 11) is 1.58. The summed E-state index contributed by atoms with van der Waals surface area (Å²) >= 11 is 0. The molecule has 18 heavy (non-hydrogen) atoms. The van der Waals surface area contributed by atoms with Gasteiger partial charge < -0.3 is 15.5 Å². The summed E-state index contributed by atoms with van der Waals surface area (Å²) in [5.74, 6) is 0.636. The Labute approximate surface area is 107 Å². The van der Waals surface area contributed by atoms with Crippen molar-refractivity contribution in [2.45, 2.75) is 19.4 Å². The Hall–Kier alpha value is -1.69. The van der Waals surface area contributed by atoms with E-state index < -0.39 is 0 Å². The lowest BCUT2D eigenvalue weighted by Gasteiger charge is -2.38. The first kappa shape index (κ1) is 12.8. The Morgan fingerprint density at radius 1 is 1.50 bits per heavy atom. The minimum atomic E-state index is -0.207. The van der Waals surface area contributed by atoms with Crippen molar-refractivity contribution in [2.24, 2.45) is 0 Å². The zero-order valence-corrected chi connectivity index (χ0v) is 10.8. The highest BCUT2D eigenvalue weighted by molar-refractivity contribution is 5.91. The summed E-state index contributed by atoms with van der Waals surface area (Å²) < 4.78 is 0. The molecule has 1 aromatic rings. The Morgan fingerprint density at radius 3 is 2.72 bits per heavy atom. The first-order chi connectivity index (χ1) is 8.76. The Kier molecular flexibility index (Phi) is 4.09. The van der Waals surface area contributed by atoms with E-state index in [0.717, 1.165) is 31.9 Å². The van der Waals surface area contributed by atoms with Crippen molar-refractivity contribution in [1.29, 1.82) is 0 Å². The first-order valence-corrected chi connectivity index (χ1v) is 6.29. The molecular weight excluding hydrogens is 230 g/mol. The van der Waals surface area contributed by atoms with Gasteiger partial charge >= 0.3 is 0 Å². The van der Waals surface area contributed by atoms with Crippen LogP contribution in [0.3, 0.4) is 0 Å². The van der Waals surface area contributed by atoms with Crippen molar-refractivity contribution in [3.63, 3.8) is 0 Å². The predicted octanol–water partition coefficient (Wildman–Crippen LogP) is 0.0244. The van der Waals surface area contributed by atoms with Crippen LogP contribution in [0.4, 0.5) is 5.82 Å². The molecule has 0 atom stereocenters. The Bertz CT molecular complexity index is 401. The molecule has 0 saturated carbocycles. The van der Waals surface area contributed by atoms with E-state index in [1.807, 2.05) is 6.07 Å². The van der Waals surface area contributed by atoms with E-state index in [-0.39, 0.29) is 5.91 Å². The topological polar surface area (TPSA) is 70.2 Å². The van der Waals surface area contributed by atoms with Crippen LogP contribution in [0, 0.1) is 0 Å². The highest BCUT2D eigenvalue weighted by atomic mass is 16.1. The summed E-state index contributed by atoms with van der Waals surface area (Å²) in [6, 6.07) is 4.08. The van der Waals surface area contributed by atoms with Crippen molar-refractivity contribution in [1.82, 2.24) is 20.8 Å². The number of carbonyl (C=O) groups is 1. The SMILES string of the molecule is CCCN(c1ccc(C(=O)NC)nn1)C1CNC1. The van der Waals surface area contributed by atoms with Gasteiger partial charge in [0.15, 0.2) is 11.5 Å². The van der Waals surface area contributed by atoms with Gasteiger partial charge in [-0.2, -0.15) is 0 Å². The molecule has 0 aromatic carbocycles. The molecule has 0 spiro atoms. The van der Waals surface area contributed by atoms with Crippen molar-refractivity contribution < 1.29 is 4.79 Å². The second-order valence-electron chi connectivity index (χ2n) is 4.36. The molecule has 2 N–H and O–H groups in total. The van der Waals surface area contributed by atoms with Gasteiger partial charge in [-0.1, -0.05) is 6.92 Å². The third-order valence-corrected chi connectivity index (χ3v) is 3.07. The number of anilines is 1. The van der Waals surface area contributed by atoms with Crippen LogP contribution in [0.2, 0.25) is 0 Å². The number of hydrogen-bond donors (Lipinski definition) is 2. The maximum absolute atomic E-state index is 11.4. The Morgan fingerprint density at radius 2 is 2.28 bits per heavy atom. The van der Waals surface area contributed by atoms with Crippen molar-refractivity contribution in [2.75, 3.05) is 31.6 Å². The summed E-state index contributed by atoms with van der Waals surface area (Å²) in [5, 5.41) is 13.9. The molecule has 0 bridgehead atoms. The van der Waals surface area contributed by atoms with Gasteiger partial charge in [0.1, 0.15) is 0 Å². The number of nitrogens with zero attached hydrogens (tertiary/aromatic N) is 3. The van der Waals surface area contributed by atoms with Gasteiger partial charge in [0.2, 0.25) is 0 Å². The van der Waals surface area contributed by atoms with Crippen LogP contribution in [0.25, 0.3) is 0 Å². The van der Waals surface area contributed by atoms with E-state index >= 15 is 0 Å². The molecular formula is C12H19N5O. The van der Waals surface area contributed by atoms with E-state index in [9.17, 15) is 4.79 Å². The molecule has 0 aliphatic carbocycles. The van der Waals surface area contributed by atoms with Gasteiger partial charge in [-0.05, 0) is 18.6 Å². The average molecular weight is 249 g/mol. The zero-order valence-electron chi connectivity index (χ0n) is 10.8. The molecule has 1 saturated heterocycles. The second-order valence-corrected chi connectivity index (χ2v) is 4.36. The molecule has 0 unspecified atom stereocenters. The van der Waals surface area contributed by atoms with Gasteiger partial charge in [0.25, 0.3) is 5.91 Å². The number of amides is 1. The number of nitrogens with one attached hydrogen (secondary N) is 2. The quantitative estimate of drug-likeness (QED) is 0.770. The van der Waals surface area contributed by atoms with Gasteiger partial charge in [-0.15, -0.1) is 10.2 Å². The van der Waals surface area contributed by atoms with Crippen LogP contribution in [-0.2, 0) is 0 Å². The van der Waals surface area contributed by atoms with Crippen LogP contribution in [0.5, 0.6) is 0 Å². The molecule has 1 aliphatic rings. The summed E-state index contributed by atoms with van der Waals surface area (Å²) in [6.45, 7) is 5.07. The predicted molar refractivity (Wildman–Crippen MR) is 69.7 cm³/mol. The number of aromatic nitrogens is 2. The molecule has 98 valence electrons. The molecule has 1 fully saturated rings. The molecule has 1 aliphatic heterocycles. The lowest BCUT2D eigenvalue weighted by molar-refractivity contribution is 0.0957. The van der Waals surface area contributed by atoms with Crippen molar-refractivity contribution in [3.05, 3.63) is 17.8 Å². The second kappa shape index (κ2) is 5.77. The van der Waals surface area contributed by atoms with Crippen LogP contribution < -0.4 is 15.5 Å². The first-order valence-electron chi connectivity index (χ1n) is 6.29. The monoisotopic (exact) mass is 249 g/mol. The van der Waals surface area contributed by atoms with Crippen LogP contribution >= 0.6 is 0 Å². The van der Waals surface area contributed by atoms with Crippen molar-refractivity contribution in [3.8, 4) is 0 Å². The van der Waals surface area contributed by atoms with Gasteiger partial charge in [-0.25, -0.2) is 0 Å². The third-order valence-electron chi connectivity index (χ3n) is 3.07. The lowest BCUT2D eigenvalue weighted by Crippen LogP contribution is -2.57. The maximum atomic E-state index is 11.4. The highest BCUT2D eigenvalue weighted by Crippen LogP contribution is 2.16. The normalized spacial score (nSPS) is 15.0. The van der Waals surface area contributed by atoms with Crippen LogP contribution in [-0.4, -0.2) is 48.8 Å². The van der Waals surface area contributed by atoms with Gasteiger partial charge in [0, 0.05) is 26.7 Å². The van der Waals surface area contributed by atoms with E-state index in [2.05, 4.69) is 32.7 Å². The maximum Gasteiger partial charge on any atom is 0.271 e. The van der Waals surface area contributed by atoms with Gasteiger partial charge in [-0.3, -0.25) is 4.79 Å². The van der Waals surface area contributed by atoms with Crippen LogP contribution in [0.15, 0.2) is 12.1 Å². The Balaban J connectivity index is 2.12. The van der Waals surface area contributed by atoms with E-state index in [1.165, 1.54) is 0 Å². The fraction of sp³-hybridized carbons (Fsp3) is 0.583. The molecule has 2 heterocycles. The molecule has 1 amide bonds. The number of carbonyl (C=O) groups excluding carboxylic acids is 1. The smallest absolute Gasteiger partial charge is 0.271 e. The van der Waals surface area contributed by atoms with Gasteiger partial charge in [0.05, 0.1) is 6.04 Å². The van der Waals surface area contributed by atoms with E-state index in [1.54, 1.807) is 13.1 Å². The largest absolute Gasteiger partial charge is 0.354 e. The summed E-state index contributed by atoms with van der Waals surface area (Å²) in [6.07, 6.45) is 1.06. The fourth-order valence-electron chi connectivity index (χ4n) is 1.95. The summed E-state index contributed by atoms with van der Waals surface area (Å²) in [5.41, 5.74) is 0.351. The average Bonchev–Trinajstić information content (AvgIpc) is 2.35. The zero-order chi connectivity index (χ0) is 13.0. The number of hydrogen-bond acceptors (Lipinski definition) is 5. The van der Waals surface area contributed by atoms with E-state index in [4.69, 9.17) is 0 Å². The fourth-order valence-corrected chi connectivity index (χ4v) is 1.95. The summed E-state index contributed by atoms with van der Waals surface area (Å²) in [4.78, 5) is 13.6. The number of rotatable bonds is 5. The van der Waals surface area contributed by atoms with Crippen molar-refractivity contribution >= 4 is 11.7 Å². The minimum absolute atomic E-state index is 0.207. The van der Waals surface area contributed by atoms with Crippen LogP contribution in [0.1, 0.15) is 23.8 Å². The lowest BCUT2D eigenvalue weighted by atomic mass is 10.1. The molecule has 0 radical (unpaired) electrons. The molecule has 6 heteroatoms. The molecule has 6 nitrogen and oxygen atoms in total. The molecule has 2 rings (SSSR count).